The van der Waals surface area contributed by atoms with Crippen molar-refractivity contribution in [3.8, 4) is 22.1 Å². The van der Waals surface area contributed by atoms with Gasteiger partial charge in [-0.25, -0.2) is 0 Å². The minimum absolute atomic E-state index is 0.197. The molecule has 2 aromatic carbocycles. The molecule has 2 heterocycles. The van der Waals surface area contributed by atoms with Crippen LogP contribution in [0.25, 0.3) is 10.6 Å². The number of carbonyl (C=O) groups excluding carboxylic acids is 1. The number of methoxy groups -OCH3 is 1. The number of pyridine rings is 1. The van der Waals surface area contributed by atoms with Gasteiger partial charge in [-0.1, -0.05) is 41.7 Å². The molecule has 0 saturated carbocycles. The van der Waals surface area contributed by atoms with E-state index in [1.807, 2.05) is 56.6 Å². The molecule has 1 amide bonds. The maximum atomic E-state index is 12.8. The zero-order valence-electron chi connectivity index (χ0n) is 19.1. The van der Waals surface area contributed by atoms with Crippen LogP contribution in [0.3, 0.4) is 0 Å². The van der Waals surface area contributed by atoms with Crippen molar-refractivity contribution >= 4 is 22.4 Å². The van der Waals surface area contributed by atoms with Gasteiger partial charge in [0.2, 0.25) is 5.13 Å². The molecule has 8 nitrogen and oxygen atoms in total. The first-order chi connectivity index (χ1) is 16.5. The van der Waals surface area contributed by atoms with Gasteiger partial charge in [-0.05, 0) is 50.0 Å². The van der Waals surface area contributed by atoms with Gasteiger partial charge in [-0.15, -0.1) is 10.2 Å². The number of anilines is 1. The molecule has 0 bridgehead atoms. The van der Waals surface area contributed by atoms with Crippen molar-refractivity contribution in [2.24, 2.45) is 0 Å². The van der Waals surface area contributed by atoms with Crippen LogP contribution in [0, 0.1) is 0 Å². The van der Waals surface area contributed by atoms with Crippen LogP contribution in [0.1, 0.15) is 22.0 Å². The Balaban J connectivity index is 1.50. The Bertz CT molecular complexity index is 1230. The van der Waals surface area contributed by atoms with Crippen molar-refractivity contribution in [1.82, 2.24) is 20.1 Å². The molecule has 9 heteroatoms. The largest absolute Gasteiger partial charge is 0.493 e. The summed E-state index contributed by atoms with van der Waals surface area (Å²) in [6, 6.07) is 18.8. The quantitative estimate of drug-likeness (QED) is 0.380. The number of likely N-dealkylation sites (N-methyl/N-ethyl adjacent to an activating group) is 1. The predicted octanol–water partition coefficient (Wildman–Crippen LogP) is 4.54. The molecule has 2 aromatic heterocycles. The average Bonchev–Trinajstić information content (AvgIpc) is 3.33. The van der Waals surface area contributed by atoms with Crippen molar-refractivity contribution in [2.45, 2.75) is 6.10 Å². The third-order valence-corrected chi connectivity index (χ3v) is 5.86. The fraction of sp³-hybridized carbons (Fsp3) is 0.200. The Kier molecular flexibility index (Phi) is 7.46. The summed E-state index contributed by atoms with van der Waals surface area (Å²) in [7, 11) is 5.55. The van der Waals surface area contributed by atoms with E-state index in [-0.39, 0.29) is 12.0 Å². The molecular weight excluding hydrogens is 450 g/mol. The van der Waals surface area contributed by atoms with Gasteiger partial charge in [0, 0.05) is 30.1 Å². The summed E-state index contributed by atoms with van der Waals surface area (Å²) in [4.78, 5) is 18.9. The monoisotopic (exact) mass is 475 g/mol. The molecule has 0 fully saturated rings. The van der Waals surface area contributed by atoms with E-state index >= 15 is 0 Å². The van der Waals surface area contributed by atoms with Crippen molar-refractivity contribution in [2.75, 3.05) is 33.1 Å². The summed E-state index contributed by atoms with van der Waals surface area (Å²) in [5.41, 5.74) is 2.37. The van der Waals surface area contributed by atoms with Gasteiger partial charge in [0.25, 0.3) is 5.91 Å². The third-order valence-electron chi connectivity index (χ3n) is 4.97. The summed E-state index contributed by atoms with van der Waals surface area (Å²) in [6.45, 7) is 0.687. The number of hydrogen-bond acceptors (Lipinski definition) is 8. The van der Waals surface area contributed by atoms with Gasteiger partial charge in [0.15, 0.2) is 11.5 Å². The molecular formula is C25H25N5O3S. The Hall–Kier alpha value is -3.82. The van der Waals surface area contributed by atoms with Crippen molar-refractivity contribution in [1.29, 1.82) is 0 Å². The summed E-state index contributed by atoms with van der Waals surface area (Å²) >= 11 is 1.29. The van der Waals surface area contributed by atoms with Gasteiger partial charge in [-0.2, -0.15) is 0 Å². The molecule has 0 aliphatic heterocycles. The second-order valence-corrected chi connectivity index (χ2v) is 8.72. The fourth-order valence-electron chi connectivity index (χ4n) is 3.32. The van der Waals surface area contributed by atoms with Crippen LogP contribution in [0.4, 0.5) is 5.13 Å². The molecule has 0 aliphatic carbocycles. The van der Waals surface area contributed by atoms with Crippen LogP contribution >= 0.6 is 11.3 Å². The standard InChI is InChI=1S/C25H25N5O3S/c1-30(2)16-22(17-7-5-4-6-8-17)33-20-10-9-19(15-21(20)32-3)23(31)27-25-29-28-24(34-25)18-11-13-26-14-12-18/h4-15,22H,16H2,1-3H3,(H,27,29,31). The number of hydrogen-bond donors (Lipinski definition) is 1. The number of ether oxygens (including phenoxy) is 2. The predicted molar refractivity (Wildman–Crippen MR) is 132 cm³/mol. The first kappa shape index (κ1) is 23.3. The first-order valence-corrected chi connectivity index (χ1v) is 11.4. The highest BCUT2D eigenvalue weighted by atomic mass is 32.1. The second-order valence-electron chi connectivity index (χ2n) is 7.75. The van der Waals surface area contributed by atoms with Crippen LogP contribution in [-0.2, 0) is 0 Å². The third kappa shape index (κ3) is 5.75. The normalized spacial score (nSPS) is 11.8. The number of rotatable bonds is 9. The lowest BCUT2D eigenvalue weighted by Crippen LogP contribution is -2.24. The molecule has 0 radical (unpaired) electrons. The van der Waals surface area contributed by atoms with Crippen LogP contribution in [0.15, 0.2) is 73.1 Å². The number of nitrogens with zero attached hydrogens (tertiary/aromatic N) is 4. The fourth-order valence-corrected chi connectivity index (χ4v) is 4.07. The Labute approximate surface area is 202 Å². The number of amides is 1. The van der Waals surface area contributed by atoms with Crippen LogP contribution < -0.4 is 14.8 Å². The lowest BCUT2D eigenvalue weighted by atomic mass is 10.1. The van der Waals surface area contributed by atoms with E-state index in [1.54, 1.807) is 37.7 Å². The smallest absolute Gasteiger partial charge is 0.257 e. The van der Waals surface area contributed by atoms with E-state index in [4.69, 9.17) is 9.47 Å². The highest BCUT2D eigenvalue weighted by Crippen LogP contribution is 2.33. The van der Waals surface area contributed by atoms with Crippen molar-refractivity contribution in [3.63, 3.8) is 0 Å². The van der Waals surface area contributed by atoms with E-state index in [0.29, 0.717) is 33.7 Å². The lowest BCUT2D eigenvalue weighted by molar-refractivity contribution is 0.102. The zero-order chi connectivity index (χ0) is 23.9. The first-order valence-electron chi connectivity index (χ1n) is 10.6. The molecule has 4 rings (SSSR count). The van der Waals surface area contributed by atoms with Gasteiger partial charge < -0.3 is 14.4 Å². The highest BCUT2D eigenvalue weighted by molar-refractivity contribution is 7.18. The second kappa shape index (κ2) is 10.9. The summed E-state index contributed by atoms with van der Waals surface area (Å²) in [5.74, 6) is 0.725. The average molecular weight is 476 g/mol. The van der Waals surface area contributed by atoms with Gasteiger partial charge >= 0.3 is 0 Å². The van der Waals surface area contributed by atoms with Crippen LogP contribution in [-0.4, -0.2) is 53.7 Å². The van der Waals surface area contributed by atoms with Crippen LogP contribution in [0.5, 0.6) is 11.5 Å². The Morgan fingerprint density at radius 2 is 1.79 bits per heavy atom. The van der Waals surface area contributed by atoms with Crippen LogP contribution in [0.2, 0.25) is 0 Å². The van der Waals surface area contributed by atoms with Crippen molar-refractivity contribution in [3.05, 3.63) is 84.2 Å². The number of carbonyl (C=O) groups is 1. The summed E-state index contributed by atoms with van der Waals surface area (Å²) in [5, 5.41) is 12.1. The number of benzene rings is 2. The lowest BCUT2D eigenvalue weighted by Gasteiger charge is -2.24. The maximum Gasteiger partial charge on any atom is 0.257 e. The number of nitrogens with one attached hydrogen (secondary N) is 1. The zero-order valence-corrected chi connectivity index (χ0v) is 20.0. The minimum Gasteiger partial charge on any atom is -0.493 e. The van der Waals surface area contributed by atoms with E-state index in [9.17, 15) is 4.79 Å². The molecule has 0 aliphatic rings. The van der Waals surface area contributed by atoms with E-state index in [2.05, 4.69) is 25.4 Å². The van der Waals surface area contributed by atoms with E-state index < -0.39 is 0 Å². The SMILES string of the molecule is COc1cc(C(=O)Nc2nnc(-c3ccncc3)s2)ccc1OC(CN(C)C)c1ccccc1. The highest BCUT2D eigenvalue weighted by Gasteiger charge is 2.19. The Morgan fingerprint density at radius 3 is 2.50 bits per heavy atom. The summed E-state index contributed by atoms with van der Waals surface area (Å²) < 4.78 is 11.9. The topological polar surface area (TPSA) is 89.5 Å². The molecule has 0 spiro atoms. The minimum atomic E-state index is -0.310. The molecule has 0 saturated heterocycles. The Morgan fingerprint density at radius 1 is 1.03 bits per heavy atom. The van der Waals surface area contributed by atoms with E-state index in [1.165, 1.54) is 11.3 Å². The van der Waals surface area contributed by atoms with Gasteiger partial charge in [0.1, 0.15) is 11.1 Å². The van der Waals surface area contributed by atoms with Gasteiger partial charge in [0.05, 0.1) is 7.11 Å². The van der Waals surface area contributed by atoms with E-state index in [0.717, 1.165) is 11.1 Å². The number of aromatic nitrogens is 3. The molecule has 1 unspecified atom stereocenters. The summed E-state index contributed by atoms with van der Waals surface area (Å²) in [6.07, 6.45) is 3.18. The molecule has 174 valence electrons. The maximum absolute atomic E-state index is 12.8. The van der Waals surface area contributed by atoms with Gasteiger partial charge in [-0.3, -0.25) is 15.1 Å². The van der Waals surface area contributed by atoms with Crippen molar-refractivity contribution < 1.29 is 14.3 Å². The molecule has 4 aromatic rings. The molecule has 1 N–H and O–H groups in total. The molecule has 34 heavy (non-hydrogen) atoms. The molecule has 1 atom stereocenters.